The van der Waals surface area contributed by atoms with E-state index in [2.05, 4.69) is 4.74 Å². The van der Waals surface area contributed by atoms with E-state index in [0.29, 0.717) is 5.75 Å². The number of methoxy groups -OCH3 is 1. The first-order valence-corrected chi connectivity index (χ1v) is 8.57. The standard InChI is InChI=1S/C16H15F2NO5S/c1-23-16(20)8-9-24-12-3-5-13(6-4-12)25(21,22)19-15-10-11(17)2-7-14(15)18/h2-7,10,19H,8-9H2,1H3. The Morgan fingerprint density at radius 2 is 1.80 bits per heavy atom. The molecule has 6 nitrogen and oxygen atoms in total. The zero-order chi connectivity index (χ0) is 18.4. The van der Waals surface area contributed by atoms with Gasteiger partial charge in [-0.3, -0.25) is 9.52 Å². The molecule has 0 aliphatic carbocycles. The van der Waals surface area contributed by atoms with Crippen molar-refractivity contribution in [2.24, 2.45) is 0 Å². The number of hydrogen-bond donors (Lipinski definition) is 1. The van der Waals surface area contributed by atoms with E-state index in [1.54, 1.807) is 0 Å². The molecule has 2 aromatic rings. The van der Waals surface area contributed by atoms with E-state index in [4.69, 9.17) is 4.74 Å². The van der Waals surface area contributed by atoms with Crippen LogP contribution in [0.25, 0.3) is 0 Å². The predicted molar refractivity (Wildman–Crippen MR) is 85.7 cm³/mol. The molecular weight excluding hydrogens is 356 g/mol. The Morgan fingerprint density at radius 3 is 2.44 bits per heavy atom. The summed E-state index contributed by atoms with van der Waals surface area (Å²) in [6.07, 6.45) is 0.0525. The van der Waals surface area contributed by atoms with E-state index < -0.39 is 33.3 Å². The first kappa shape index (κ1) is 18.7. The number of carbonyl (C=O) groups is 1. The number of rotatable bonds is 7. The van der Waals surface area contributed by atoms with Crippen LogP contribution in [-0.4, -0.2) is 28.1 Å². The summed E-state index contributed by atoms with van der Waals surface area (Å²) in [5, 5.41) is 0. The Balaban J connectivity index is 2.07. The van der Waals surface area contributed by atoms with Crippen molar-refractivity contribution in [3.05, 3.63) is 54.1 Å². The molecular formula is C16H15F2NO5S. The molecule has 0 amide bonds. The lowest BCUT2D eigenvalue weighted by Gasteiger charge is -2.10. The second-order valence-corrected chi connectivity index (χ2v) is 6.56. The predicted octanol–water partition coefficient (Wildman–Crippen LogP) is 2.71. The van der Waals surface area contributed by atoms with Gasteiger partial charge in [0.1, 0.15) is 17.4 Å². The Kier molecular flexibility index (Phi) is 5.92. The van der Waals surface area contributed by atoms with Gasteiger partial charge in [0, 0.05) is 6.07 Å². The van der Waals surface area contributed by atoms with Crippen LogP contribution in [0.2, 0.25) is 0 Å². The summed E-state index contributed by atoms with van der Waals surface area (Å²) in [5.41, 5.74) is -0.488. The van der Waals surface area contributed by atoms with Crippen molar-refractivity contribution in [1.82, 2.24) is 0 Å². The van der Waals surface area contributed by atoms with Crippen molar-refractivity contribution >= 4 is 21.7 Å². The largest absolute Gasteiger partial charge is 0.493 e. The highest BCUT2D eigenvalue weighted by molar-refractivity contribution is 7.92. The minimum absolute atomic E-state index is 0.0525. The number of anilines is 1. The van der Waals surface area contributed by atoms with Crippen molar-refractivity contribution in [2.45, 2.75) is 11.3 Å². The van der Waals surface area contributed by atoms with Crippen LogP contribution in [0.1, 0.15) is 6.42 Å². The molecule has 1 N–H and O–H groups in total. The van der Waals surface area contributed by atoms with Crippen LogP contribution in [0.4, 0.5) is 14.5 Å². The molecule has 0 heterocycles. The van der Waals surface area contributed by atoms with Gasteiger partial charge in [0.15, 0.2) is 0 Å². The highest BCUT2D eigenvalue weighted by Gasteiger charge is 2.17. The van der Waals surface area contributed by atoms with Crippen molar-refractivity contribution in [1.29, 1.82) is 0 Å². The molecule has 0 atom stereocenters. The van der Waals surface area contributed by atoms with Crippen LogP contribution in [0.15, 0.2) is 47.4 Å². The summed E-state index contributed by atoms with van der Waals surface area (Å²) >= 11 is 0. The summed E-state index contributed by atoms with van der Waals surface area (Å²) in [5.74, 6) is -1.75. The van der Waals surface area contributed by atoms with Crippen LogP contribution in [0.5, 0.6) is 5.75 Å². The smallest absolute Gasteiger partial charge is 0.308 e. The molecule has 0 saturated heterocycles. The lowest BCUT2D eigenvalue weighted by molar-refractivity contribution is -0.141. The first-order chi connectivity index (χ1) is 11.8. The molecule has 0 saturated carbocycles. The van der Waals surface area contributed by atoms with E-state index in [9.17, 15) is 22.0 Å². The van der Waals surface area contributed by atoms with Gasteiger partial charge < -0.3 is 9.47 Å². The fourth-order valence-corrected chi connectivity index (χ4v) is 2.91. The molecule has 2 aromatic carbocycles. The third-order valence-electron chi connectivity index (χ3n) is 3.11. The van der Waals surface area contributed by atoms with Crippen LogP contribution >= 0.6 is 0 Å². The zero-order valence-electron chi connectivity index (χ0n) is 13.2. The zero-order valence-corrected chi connectivity index (χ0v) is 14.0. The molecule has 0 bridgehead atoms. The Bertz CT molecular complexity index is 853. The van der Waals surface area contributed by atoms with Crippen LogP contribution in [0.3, 0.4) is 0 Å². The molecule has 25 heavy (non-hydrogen) atoms. The monoisotopic (exact) mass is 371 g/mol. The maximum atomic E-state index is 13.6. The number of nitrogens with one attached hydrogen (secondary N) is 1. The maximum Gasteiger partial charge on any atom is 0.308 e. The molecule has 0 aromatic heterocycles. The van der Waals surface area contributed by atoms with Crippen molar-refractivity contribution in [3.8, 4) is 5.75 Å². The molecule has 134 valence electrons. The number of halogens is 2. The fourth-order valence-electron chi connectivity index (χ4n) is 1.85. The normalized spacial score (nSPS) is 11.0. The van der Waals surface area contributed by atoms with Gasteiger partial charge in [0.05, 0.1) is 30.7 Å². The third-order valence-corrected chi connectivity index (χ3v) is 4.49. The van der Waals surface area contributed by atoms with E-state index in [0.717, 1.165) is 18.2 Å². The van der Waals surface area contributed by atoms with Gasteiger partial charge >= 0.3 is 5.97 Å². The Labute approximate surface area is 143 Å². The molecule has 9 heteroatoms. The summed E-state index contributed by atoms with van der Waals surface area (Å²) in [6, 6.07) is 7.71. The SMILES string of the molecule is COC(=O)CCOc1ccc(S(=O)(=O)Nc2cc(F)ccc2F)cc1. The topological polar surface area (TPSA) is 81.7 Å². The average Bonchev–Trinajstić information content (AvgIpc) is 2.58. The van der Waals surface area contributed by atoms with Gasteiger partial charge in [0.25, 0.3) is 10.0 Å². The van der Waals surface area contributed by atoms with Crippen molar-refractivity contribution < 1.29 is 31.5 Å². The number of hydrogen-bond acceptors (Lipinski definition) is 5. The van der Waals surface area contributed by atoms with Crippen LogP contribution < -0.4 is 9.46 Å². The van der Waals surface area contributed by atoms with Crippen molar-refractivity contribution in [3.63, 3.8) is 0 Å². The third kappa shape index (κ3) is 5.15. The van der Waals surface area contributed by atoms with Crippen molar-refractivity contribution in [2.75, 3.05) is 18.4 Å². The highest BCUT2D eigenvalue weighted by atomic mass is 32.2. The molecule has 0 aliphatic heterocycles. The summed E-state index contributed by atoms with van der Waals surface area (Å²) < 4.78 is 62.8. The minimum atomic E-state index is -4.09. The number of esters is 1. The summed E-state index contributed by atoms with van der Waals surface area (Å²) in [7, 11) is -2.83. The van der Waals surface area contributed by atoms with Gasteiger partial charge in [0.2, 0.25) is 0 Å². The lowest BCUT2D eigenvalue weighted by Crippen LogP contribution is -2.14. The molecule has 0 spiro atoms. The Hall–Kier alpha value is -2.68. The number of benzene rings is 2. The molecule has 2 rings (SSSR count). The lowest BCUT2D eigenvalue weighted by atomic mass is 10.3. The average molecular weight is 371 g/mol. The van der Waals surface area contributed by atoms with Gasteiger partial charge in [-0.05, 0) is 36.4 Å². The van der Waals surface area contributed by atoms with Gasteiger partial charge in [-0.25, -0.2) is 17.2 Å². The maximum absolute atomic E-state index is 13.6. The van der Waals surface area contributed by atoms with Gasteiger partial charge in [-0.2, -0.15) is 0 Å². The van der Waals surface area contributed by atoms with E-state index in [1.807, 2.05) is 4.72 Å². The van der Waals surface area contributed by atoms with E-state index in [1.165, 1.54) is 31.4 Å². The molecule has 0 fully saturated rings. The van der Waals surface area contributed by atoms with E-state index in [-0.39, 0.29) is 17.9 Å². The van der Waals surface area contributed by atoms with Gasteiger partial charge in [-0.15, -0.1) is 0 Å². The second-order valence-electron chi connectivity index (χ2n) is 4.88. The highest BCUT2D eigenvalue weighted by Crippen LogP contribution is 2.22. The molecule has 0 unspecified atom stereocenters. The fraction of sp³-hybridized carbons (Fsp3) is 0.188. The number of ether oxygens (including phenoxy) is 2. The first-order valence-electron chi connectivity index (χ1n) is 7.09. The second kappa shape index (κ2) is 7.93. The van der Waals surface area contributed by atoms with Crippen LogP contribution in [-0.2, 0) is 19.6 Å². The quantitative estimate of drug-likeness (QED) is 0.757. The van der Waals surface area contributed by atoms with Gasteiger partial charge in [-0.1, -0.05) is 0 Å². The van der Waals surface area contributed by atoms with Crippen LogP contribution in [0, 0.1) is 11.6 Å². The molecule has 0 aliphatic rings. The summed E-state index contributed by atoms with van der Waals surface area (Å²) in [4.78, 5) is 10.8. The van der Waals surface area contributed by atoms with E-state index >= 15 is 0 Å². The molecule has 0 radical (unpaired) electrons. The number of carbonyl (C=O) groups excluding carboxylic acids is 1. The number of sulfonamides is 1. The summed E-state index contributed by atoms with van der Waals surface area (Å²) in [6.45, 7) is 0.0749. The Morgan fingerprint density at radius 1 is 1.12 bits per heavy atom. The minimum Gasteiger partial charge on any atom is -0.493 e.